The second kappa shape index (κ2) is 9.24. The van der Waals surface area contributed by atoms with Crippen LogP contribution in [0.25, 0.3) is 28.2 Å². The molecule has 180 valence electrons. The number of benzene rings is 4. The maximum atomic E-state index is 13.8. The minimum Gasteiger partial charge on any atom is -0.497 e. The van der Waals surface area contributed by atoms with E-state index in [2.05, 4.69) is 0 Å². The molecule has 0 radical (unpaired) electrons. The fourth-order valence-electron chi connectivity index (χ4n) is 4.73. The molecule has 4 aromatic carbocycles. The predicted octanol–water partition coefficient (Wildman–Crippen LogP) is 5.48. The molecule has 0 atom stereocenters. The molecule has 6 heteroatoms. The van der Waals surface area contributed by atoms with Crippen LogP contribution in [0.4, 0.5) is 5.69 Å². The molecule has 0 unspecified atom stereocenters. The van der Waals surface area contributed by atoms with Gasteiger partial charge in [-0.3, -0.25) is 14.2 Å². The monoisotopic (exact) mass is 485 g/mol. The first-order chi connectivity index (χ1) is 18.1. The van der Waals surface area contributed by atoms with E-state index in [1.807, 2.05) is 84.9 Å². The van der Waals surface area contributed by atoms with Gasteiger partial charge in [0.2, 0.25) is 0 Å². The highest BCUT2D eigenvalue weighted by atomic mass is 16.5. The van der Waals surface area contributed by atoms with Gasteiger partial charge in [-0.15, -0.1) is 0 Å². The van der Waals surface area contributed by atoms with E-state index in [9.17, 15) is 9.59 Å². The molecule has 0 spiro atoms. The van der Waals surface area contributed by atoms with Gasteiger partial charge in [0, 0.05) is 5.56 Å². The summed E-state index contributed by atoms with van der Waals surface area (Å²) in [4.78, 5) is 34.0. The molecule has 0 fully saturated rings. The fourth-order valence-corrected chi connectivity index (χ4v) is 4.73. The predicted molar refractivity (Wildman–Crippen MR) is 146 cm³/mol. The van der Waals surface area contributed by atoms with Crippen LogP contribution in [0.3, 0.4) is 0 Å². The lowest BCUT2D eigenvalue weighted by molar-refractivity contribution is -0.113. The summed E-state index contributed by atoms with van der Waals surface area (Å²) in [7, 11) is 1.60. The molecule has 1 aromatic heterocycles. The highest BCUT2D eigenvalue weighted by molar-refractivity contribution is 6.35. The third-order valence-electron chi connectivity index (χ3n) is 6.55. The molecule has 0 bridgehead atoms. The van der Waals surface area contributed by atoms with Crippen LogP contribution < -0.4 is 15.2 Å². The molecule has 0 aliphatic carbocycles. The van der Waals surface area contributed by atoms with E-state index >= 15 is 0 Å². The first kappa shape index (κ1) is 22.5. The summed E-state index contributed by atoms with van der Waals surface area (Å²) in [6, 6.07) is 32.1. The van der Waals surface area contributed by atoms with Crippen LogP contribution >= 0.6 is 0 Å². The van der Waals surface area contributed by atoms with Crippen molar-refractivity contribution in [3.63, 3.8) is 0 Å². The first-order valence-electron chi connectivity index (χ1n) is 12.0. The van der Waals surface area contributed by atoms with Crippen molar-refractivity contribution in [3.05, 3.63) is 130 Å². The SMILES string of the molecule is COc1ccc(-n2c(/C=C3/C(=O)N(Cc4ccccc4)c4ccccc43)nc3ccccc3c2=O)cc1. The number of aromatic nitrogens is 2. The summed E-state index contributed by atoms with van der Waals surface area (Å²) in [5, 5.41) is 0.504. The quantitative estimate of drug-likeness (QED) is 0.309. The number of amides is 1. The Morgan fingerprint density at radius 3 is 2.30 bits per heavy atom. The molecular weight excluding hydrogens is 462 g/mol. The summed E-state index contributed by atoms with van der Waals surface area (Å²) in [6.07, 6.45) is 1.73. The van der Waals surface area contributed by atoms with Crippen molar-refractivity contribution in [3.8, 4) is 11.4 Å². The smallest absolute Gasteiger partial charge is 0.266 e. The number of hydrogen-bond donors (Lipinski definition) is 0. The Bertz CT molecular complexity index is 1720. The number of nitrogens with zero attached hydrogens (tertiary/aromatic N) is 3. The van der Waals surface area contributed by atoms with E-state index in [4.69, 9.17) is 9.72 Å². The van der Waals surface area contributed by atoms with Crippen LogP contribution in [0.15, 0.2) is 108 Å². The van der Waals surface area contributed by atoms with E-state index in [0.29, 0.717) is 40.3 Å². The lowest BCUT2D eigenvalue weighted by Gasteiger charge is -2.17. The molecular formula is C31H23N3O3. The topological polar surface area (TPSA) is 64.4 Å². The van der Waals surface area contributed by atoms with Crippen molar-refractivity contribution in [1.29, 1.82) is 0 Å². The number of hydrogen-bond acceptors (Lipinski definition) is 4. The first-order valence-corrected chi connectivity index (χ1v) is 12.0. The van der Waals surface area contributed by atoms with Gasteiger partial charge in [-0.2, -0.15) is 0 Å². The zero-order valence-corrected chi connectivity index (χ0v) is 20.2. The Balaban J connectivity index is 1.54. The van der Waals surface area contributed by atoms with Crippen molar-refractivity contribution >= 4 is 34.1 Å². The maximum Gasteiger partial charge on any atom is 0.266 e. The molecule has 0 saturated heterocycles. The normalized spacial score (nSPS) is 13.8. The number of carbonyl (C=O) groups excluding carboxylic acids is 1. The Morgan fingerprint density at radius 2 is 1.51 bits per heavy atom. The summed E-state index contributed by atoms with van der Waals surface area (Å²) < 4.78 is 6.84. The summed E-state index contributed by atoms with van der Waals surface area (Å²) in [5.74, 6) is 0.934. The van der Waals surface area contributed by atoms with Gasteiger partial charge in [-0.1, -0.05) is 60.7 Å². The number of ether oxygens (including phenoxy) is 1. The zero-order valence-electron chi connectivity index (χ0n) is 20.2. The Morgan fingerprint density at radius 1 is 0.811 bits per heavy atom. The third kappa shape index (κ3) is 3.98. The molecule has 2 heterocycles. The van der Waals surface area contributed by atoms with Crippen LogP contribution in [0, 0.1) is 0 Å². The number of anilines is 1. The van der Waals surface area contributed by atoms with Crippen LogP contribution in [0.2, 0.25) is 0 Å². The van der Waals surface area contributed by atoms with Gasteiger partial charge in [0.05, 0.1) is 41.5 Å². The van der Waals surface area contributed by atoms with E-state index in [1.165, 1.54) is 0 Å². The van der Waals surface area contributed by atoms with E-state index in [-0.39, 0.29) is 11.5 Å². The molecule has 1 aliphatic heterocycles. The van der Waals surface area contributed by atoms with Crippen LogP contribution in [0.1, 0.15) is 17.0 Å². The average Bonchev–Trinajstić information content (AvgIpc) is 3.20. The van der Waals surface area contributed by atoms with Crippen molar-refractivity contribution in [2.75, 3.05) is 12.0 Å². The Kier molecular flexibility index (Phi) is 5.62. The fraction of sp³-hybridized carbons (Fsp3) is 0.0645. The van der Waals surface area contributed by atoms with Gasteiger partial charge in [0.25, 0.3) is 11.5 Å². The lowest BCUT2D eigenvalue weighted by atomic mass is 10.1. The van der Waals surface area contributed by atoms with Gasteiger partial charge >= 0.3 is 0 Å². The van der Waals surface area contributed by atoms with Crippen molar-refractivity contribution in [1.82, 2.24) is 9.55 Å². The summed E-state index contributed by atoms with van der Waals surface area (Å²) in [6.45, 7) is 0.449. The molecule has 5 aromatic rings. The second-order valence-electron chi connectivity index (χ2n) is 8.78. The largest absolute Gasteiger partial charge is 0.497 e. The molecule has 6 nitrogen and oxygen atoms in total. The standard InChI is InChI=1S/C31H23N3O3/c1-37-23-17-15-22(16-18-23)34-29(32-27-13-7-5-12-25(27)31(34)36)19-26-24-11-6-8-14-28(24)33(30(26)35)20-21-9-3-2-4-10-21/h2-19H,20H2,1H3/b26-19+. The number of fused-ring (bicyclic) bond motifs is 2. The van der Waals surface area contributed by atoms with Crippen LogP contribution in [-0.4, -0.2) is 22.6 Å². The summed E-state index contributed by atoms with van der Waals surface area (Å²) >= 11 is 0. The van der Waals surface area contributed by atoms with Gasteiger partial charge < -0.3 is 9.64 Å². The van der Waals surface area contributed by atoms with Crippen molar-refractivity contribution < 1.29 is 9.53 Å². The van der Waals surface area contributed by atoms with Gasteiger partial charge in [-0.25, -0.2) is 4.98 Å². The van der Waals surface area contributed by atoms with Crippen molar-refractivity contribution in [2.45, 2.75) is 6.54 Å². The number of methoxy groups -OCH3 is 1. The lowest BCUT2D eigenvalue weighted by Crippen LogP contribution is -2.26. The van der Waals surface area contributed by atoms with Crippen LogP contribution in [0.5, 0.6) is 5.75 Å². The Hall–Kier alpha value is -4.97. The molecule has 0 saturated carbocycles. The van der Waals surface area contributed by atoms with E-state index in [1.54, 1.807) is 40.9 Å². The maximum absolute atomic E-state index is 13.8. The highest BCUT2D eigenvalue weighted by Crippen LogP contribution is 2.38. The zero-order chi connectivity index (χ0) is 25.4. The Labute approximate surface area is 213 Å². The van der Waals surface area contributed by atoms with E-state index in [0.717, 1.165) is 16.8 Å². The van der Waals surface area contributed by atoms with E-state index < -0.39 is 0 Å². The van der Waals surface area contributed by atoms with Gasteiger partial charge in [0.1, 0.15) is 11.6 Å². The number of rotatable bonds is 5. The van der Waals surface area contributed by atoms with Crippen LogP contribution in [-0.2, 0) is 11.3 Å². The summed E-state index contributed by atoms with van der Waals surface area (Å²) in [5.41, 5.74) is 4.18. The third-order valence-corrected chi connectivity index (χ3v) is 6.55. The molecule has 1 amide bonds. The van der Waals surface area contributed by atoms with Crippen molar-refractivity contribution in [2.24, 2.45) is 0 Å². The molecule has 0 N–H and O–H groups in total. The molecule has 1 aliphatic rings. The molecule has 6 rings (SSSR count). The highest BCUT2D eigenvalue weighted by Gasteiger charge is 2.32. The minimum absolute atomic E-state index is 0.131. The minimum atomic E-state index is -0.206. The van der Waals surface area contributed by atoms with Gasteiger partial charge in [0.15, 0.2) is 0 Å². The average molecular weight is 486 g/mol. The number of para-hydroxylation sites is 2. The number of carbonyl (C=O) groups is 1. The second-order valence-corrected chi connectivity index (χ2v) is 8.78. The van der Waals surface area contributed by atoms with Gasteiger partial charge in [-0.05, 0) is 54.1 Å². The molecule has 37 heavy (non-hydrogen) atoms.